The lowest BCUT2D eigenvalue weighted by molar-refractivity contribution is 0.751. The van der Waals surface area contributed by atoms with Crippen LogP contribution in [0.1, 0.15) is 4.88 Å². The lowest BCUT2D eigenvalue weighted by Crippen LogP contribution is -2.19. The molecular formula is C5H9ClN2S. The lowest BCUT2D eigenvalue weighted by Gasteiger charge is -1.89. The highest BCUT2D eigenvalue weighted by Gasteiger charge is 1.86. The van der Waals surface area contributed by atoms with Gasteiger partial charge in [-0.2, -0.15) is 0 Å². The van der Waals surface area contributed by atoms with E-state index in [4.69, 9.17) is 5.84 Å². The summed E-state index contributed by atoms with van der Waals surface area (Å²) >= 11 is 1.70. The minimum Gasteiger partial charge on any atom is -0.271 e. The highest BCUT2D eigenvalue weighted by atomic mass is 35.5. The monoisotopic (exact) mass is 164 g/mol. The molecule has 0 unspecified atom stereocenters. The van der Waals surface area contributed by atoms with Gasteiger partial charge in [-0.25, -0.2) is 0 Å². The maximum atomic E-state index is 5.08. The van der Waals surface area contributed by atoms with E-state index in [1.807, 2.05) is 17.5 Å². The second kappa shape index (κ2) is 4.76. The fourth-order valence-electron chi connectivity index (χ4n) is 0.514. The van der Waals surface area contributed by atoms with Crippen LogP contribution in [0, 0.1) is 0 Å². The van der Waals surface area contributed by atoms with Crippen molar-refractivity contribution in [1.29, 1.82) is 0 Å². The van der Waals surface area contributed by atoms with Gasteiger partial charge in [0, 0.05) is 11.4 Å². The summed E-state index contributed by atoms with van der Waals surface area (Å²) in [4.78, 5) is 1.27. The van der Waals surface area contributed by atoms with Gasteiger partial charge in [0.25, 0.3) is 0 Å². The van der Waals surface area contributed by atoms with E-state index in [2.05, 4.69) is 5.43 Å². The van der Waals surface area contributed by atoms with Gasteiger partial charge < -0.3 is 0 Å². The summed E-state index contributed by atoms with van der Waals surface area (Å²) < 4.78 is 0. The summed E-state index contributed by atoms with van der Waals surface area (Å²) in [6, 6.07) is 4.06. The van der Waals surface area contributed by atoms with Crippen molar-refractivity contribution in [3.8, 4) is 0 Å². The minimum atomic E-state index is 0. The molecule has 52 valence electrons. The predicted molar refractivity (Wildman–Crippen MR) is 42.6 cm³/mol. The summed E-state index contributed by atoms with van der Waals surface area (Å²) in [7, 11) is 0. The van der Waals surface area contributed by atoms with Crippen LogP contribution in [0.3, 0.4) is 0 Å². The van der Waals surface area contributed by atoms with Crippen molar-refractivity contribution in [2.75, 3.05) is 0 Å². The van der Waals surface area contributed by atoms with Gasteiger partial charge in [0.05, 0.1) is 0 Å². The molecule has 4 heteroatoms. The summed E-state index contributed by atoms with van der Waals surface area (Å²) in [5.41, 5.74) is 2.58. The van der Waals surface area contributed by atoms with Gasteiger partial charge in [-0.3, -0.25) is 11.3 Å². The van der Waals surface area contributed by atoms with E-state index >= 15 is 0 Å². The third-order valence-corrected chi connectivity index (χ3v) is 1.73. The first-order valence-corrected chi connectivity index (χ1v) is 3.27. The van der Waals surface area contributed by atoms with Crippen LogP contribution in [0.15, 0.2) is 17.5 Å². The Morgan fingerprint density at radius 3 is 2.89 bits per heavy atom. The molecule has 0 atom stereocenters. The maximum Gasteiger partial charge on any atom is 0.0442 e. The molecule has 1 aromatic heterocycles. The molecule has 0 aliphatic rings. The zero-order chi connectivity index (χ0) is 5.82. The zero-order valence-electron chi connectivity index (χ0n) is 4.83. The Hall–Kier alpha value is -0.0900. The molecule has 2 nitrogen and oxygen atoms in total. The highest BCUT2D eigenvalue weighted by Crippen LogP contribution is 2.06. The Kier molecular flexibility index (Phi) is 4.71. The molecule has 1 rings (SSSR count). The molecule has 1 aromatic rings. The highest BCUT2D eigenvalue weighted by molar-refractivity contribution is 7.09. The standard InChI is InChI=1S/C5H8N2S.ClH/c6-7-4-5-2-1-3-8-5;/h1-3,7H,4,6H2;1H. The van der Waals surface area contributed by atoms with Crippen molar-refractivity contribution in [1.82, 2.24) is 5.43 Å². The number of halogens is 1. The first-order valence-electron chi connectivity index (χ1n) is 2.39. The predicted octanol–water partition coefficient (Wildman–Crippen LogP) is 1.13. The Labute approximate surface area is 64.4 Å². The molecule has 0 saturated heterocycles. The summed E-state index contributed by atoms with van der Waals surface area (Å²) in [6.45, 7) is 0.775. The molecule has 1 heterocycles. The molecule has 0 amide bonds. The lowest BCUT2D eigenvalue weighted by atomic mass is 10.5. The van der Waals surface area contributed by atoms with E-state index in [1.165, 1.54) is 4.88 Å². The van der Waals surface area contributed by atoms with E-state index in [0.717, 1.165) is 6.54 Å². The van der Waals surface area contributed by atoms with Crippen LogP contribution in [-0.2, 0) is 6.54 Å². The molecule has 0 spiro atoms. The number of hydrazine groups is 1. The molecule has 0 aliphatic carbocycles. The number of rotatable bonds is 2. The average molecular weight is 165 g/mol. The molecule has 9 heavy (non-hydrogen) atoms. The molecular weight excluding hydrogens is 156 g/mol. The van der Waals surface area contributed by atoms with Gasteiger partial charge in [0.2, 0.25) is 0 Å². The summed E-state index contributed by atoms with van der Waals surface area (Å²) in [5, 5.41) is 2.03. The first-order chi connectivity index (χ1) is 3.93. The number of nitrogens with two attached hydrogens (primary N) is 1. The van der Waals surface area contributed by atoms with E-state index < -0.39 is 0 Å². The molecule has 0 fully saturated rings. The molecule has 0 radical (unpaired) electrons. The van der Waals surface area contributed by atoms with Gasteiger partial charge in [-0.15, -0.1) is 23.7 Å². The maximum absolute atomic E-state index is 5.08. The van der Waals surface area contributed by atoms with Crippen molar-refractivity contribution in [3.63, 3.8) is 0 Å². The van der Waals surface area contributed by atoms with E-state index in [1.54, 1.807) is 11.3 Å². The van der Waals surface area contributed by atoms with Crippen molar-refractivity contribution in [2.24, 2.45) is 5.84 Å². The van der Waals surface area contributed by atoms with Gasteiger partial charge in [0.15, 0.2) is 0 Å². The van der Waals surface area contributed by atoms with Gasteiger partial charge in [0.1, 0.15) is 0 Å². The Balaban J connectivity index is 0.000000640. The molecule has 0 aromatic carbocycles. The molecule has 3 N–H and O–H groups in total. The van der Waals surface area contributed by atoms with Crippen LogP contribution < -0.4 is 11.3 Å². The van der Waals surface area contributed by atoms with Crippen LogP contribution >= 0.6 is 23.7 Å². The van der Waals surface area contributed by atoms with Crippen molar-refractivity contribution in [3.05, 3.63) is 22.4 Å². The number of hydrogen-bond acceptors (Lipinski definition) is 3. The fraction of sp³-hybridized carbons (Fsp3) is 0.200. The van der Waals surface area contributed by atoms with Crippen LogP contribution in [-0.4, -0.2) is 0 Å². The summed E-state index contributed by atoms with van der Waals surface area (Å²) in [5.74, 6) is 5.08. The second-order valence-corrected chi connectivity index (χ2v) is 2.49. The van der Waals surface area contributed by atoms with Gasteiger partial charge in [-0.1, -0.05) is 6.07 Å². The molecule has 0 saturated carbocycles. The fourth-order valence-corrected chi connectivity index (χ4v) is 1.17. The van der Waals surface area contributed by atoms with Crippen LogP contribution in [0.5, 0.6) is 0 Å². The van der Waals surface area contributed by atoms with Crippen LogP contribution in [0.4, 0.5) is 0 Å². The largest absolute Gasteiger partial charge is 0.271 e. The minimum absolute atomic E-state index is 0. The quantitative estimate of drug-likeness (QED) is 0.508. The van der Waals surface area contributed by atoms with E-state index in [0.29, 0.717) is 0 Å². The Morgan fingerprint density at radius 1 is 1.67 bits per heavy atom. The van der Waals surface area contributed by atoms with E-state index in [9.17, 15) is 0 Å². The zero-order valence-corrected chi connectivity index (χ0v) is 6.47. The van der Waals surface area contributed by atoms with Crippen molar-refractivity contribution in [2.45, 2.75) is 6.54 Å². The number of hydrogen-bond donors (Lipinski definition) is 2. The van der Waals surface area contributed by atoms with Gasteiger partial charge in [-0.05, 0) is 11.4 Å². The van der Waals surface area contributed by atoms with Crippen LogP contribution in [0.2, 0.25) is 0 Å². The first kappa shape index (κ1) is 8.91. The van der Waals surface area contributed by atoms with Gasteiger partial charge >= 0.3 is 0 Å². The van der Waals surface area contributed by atoms with Crippen molar-refractivity contribution < 1.29 is 0 Å². The normalized spacial score (nSPS) is 8.56. The average Bonchev–Trinajstić information content (AvgIpc) is 2.19. The smallest absolute Gasteiger partial charge is 0.0442 e. The SMILES string of the molecule is Cl.NNCc1cccs1. The van der Waals surface area contributed by atoms with E-state index in [-0.39, 0.29) is 12.4 Å². The molecule has 0 aliphatic heterocycles. The number of thiophene rings is 1. The Morgan fingerprint density at radius 2 is 2.44 bits per heavy atom. The van der Waals surface area contributed by atoms with Crippen molar-refractivity contribution >= 4 is 23.7 Å². The number of nitrogens with one attached hydrogen (secondary N) is 1. The molecule has 0 bridgehead atoms. The summed E-state index contributed by atoms with van der Waals surface area (Å²) in [6.07, 6.45) is 0. The topological polar surface area (TPSA) is 38.0 Å². The third-order valence-electron chi connectivity index (χ3n) is 0.856. The second-order valence-electron chi connectivity index (χ2n) is 1.46. The van der Waals surface area contributed by atoms with Crippen LogP contribution in [0.25, 0.3) is 0 Å². The third kappa shape index (κ3) is 2.81. The Bertz CT molecular complexity index is 141.